The molecule has 0 aliphatic rings. The molecular formula is C41H42GeIrN2OSi-2. The van der Waals surface area contributed by atoms with Crippen molar-refractivity contribution in [3.8, 4) is 22.5 Å². The largest absolute Gasteiger partial charge is 0.305 e. The molecule has 0 amide bonds. The van der Waals surface area contributed by atoms with Crippen LogP contribution in [0.3, 0.4) is 0 Å². The van der Waals surface area contributed by atoms with Crippen LogP contribution in [-0.4, -0.2) is 31.3 Å². The van der Waals surface area contributed by atoms with Gasteiger partial charge in [0.1, 0.15) is 0 Å². The smallest absolute Gasteiger partial charge is 0.0795 e. The maximum Gasteiger partial charge on any atom is 0.0795 e. The van der Waals surface area contributed by atoms with Crippen LogP contribution in [0.15, 0.2) is 108 Å². The standard InChI is InChI=1S/C27H26GeNO.C14H16NSi.Ir/c1-17(2)18-11-12-29-25(15-18)23-8-6-7-22-24-14-19-9-10-21(28(3,4)5)13-20(19)16-26(24)30-27(22)23;1-16(2,3)13-9-10-14(15-11-13)12-7-5-4-6-8-12;/h6-7,9-17H,1-5H3;4-7,9-11H,1-3H3;/q2*-1;. The van der Waals surface area contributed by atoms with E-state index in [0.717, 1.165) is 44.5 Å². The Kier molecular flexibility index (Phi) is 10.4. The molecule has 4 aromatic carbocycles. The van der Waals surface area contributed by atoms with Crippen molar-refractivity contribution in [1.29, 1.82) is 0 Å². The fourth-order valence-electron chi connectivity index (χ4n) is 5.63. The molecule has 241 valence electrons. The third kappa shape index (κ3) is 7.70. The molecule has 3 aromatic heterocycles. The van der Waals surface area contributed by atoms with Crippen molar-refractivity contribution < 1.29 is 24.5 Å². The van der Waals surface area contributed by atoms with Crippen LogP contribution in [0.25, 0.3) is 55.2 Å². The van der Waals surface area contributed by atoms with Gasteiger partial charge in [-0.25, -0.2) is 0 Å². The van der Waals surface area contributed by atoms with Crippen LogP contribution in [0.1, 0.15) is 25.3 Å². The van der Waals surface area contributed by atoms with Gasteiger partial charge in [-0.2, -0.15) is 0 Å². The van der Waals surface area contributed by atoms with Crippen molar-refractivity contribution >= 4 is 63.6 Å². The molecule has 0 bridgehead atoms. The van der Waals surface area contributed by atoms with Crippen molar-refractivity contribution in [3.63, 3.8) is 0 Å². The number of hydrogen-bond acceptors (Lipinski definition) is 3. The van der Waals surface area contributed by atoms with Crippen LogP contribution < -0.4 is 9.58 Å². The number of nitrogens with zero attached hydrogens (tertiary/aromatic N) is 2. The van der Waals surface area contributed by atoms with E-state index in [2.05, 4.69) is 134 Å². The van der Waals surface area contributed by atoms with Crippen LogP contribution in [-0.2, 0) is 20.1 Å². The molecule has 1 radical (unpaired) electrons. The molecule has 0 atom stereocenters. The van der Waals surface area contributed by atoms with Crippen molar-refractivity contribution in [3.05, 3.63) is 121 Å². The summed E-state index contributed by atoms with van der Waals surface area (Å²) in [6.07, 6.45) is 3.90. The molecular weight excluding hydrogens is 829 g/mol. The Morgan fingerprint density at radius 1 is 0.745 bits per heavy atom. The Labute approximate surface area is 296 Å². The summed E-state index contributed by atoms with van der Waals surface area (Å²) in [7, 11) is -1.23. The summed E-state index contributed by atoms with van der Waals surface area (Å²) < 4.78 is 7.93. The minimum atomic E-state index is -1.88. The average molecular weight is 872 g/mol. The van der Waals surface area contributed by atoms with Gasteiger partial charge in [0.2, 0.25) is 0 Å². The molecule has 0 spiro atoms. The zero-order chi connectivity index (χ0) is 32.6. The Morgan fingerprint density at radius 2 is 1.55 bits per heavy atom. The first-order valence-electron chi connectivity index (χ1n) is 16.1. The van der Waals surface area contributed by atoms with E-state index in [0.29, 0.717) is 5.92 Å². The maximum atomic E-state index is 6.42. The van der Waals surface area contributed by atoms with E-state index in [1.807, 2.05) is 42.7 Å². The molecule has 0 unspecified atom stereocenters. The Bertz CT molecular complexity index is 2140. The van der Waals surface area contributed by atoms with E-state index in [1.165, 1.54) is 25.9 Å². The summed E-state index contributed by atoms with van der Waals surface area (Å²) in [5.41, 5.74) is 6.97. The quantitative estimate of drug-likeness (QED) is 0.128. The second kappa shape index (κ2) is 14.0. The minimum Gasteiger partial charge on any atom is -0.305 e. The van der Waals surface area contributed by atoms with Crippen LogP contribution in [0.4, 0.5) is 0 Å². The molecule has 0 saturated heterocycles. The van der Waals surface area contributed by atoms with Gasteiger partial charge in [-0.15, -0.1) is 35.9 Å². The molecule has 0 aliphatic heterocycles. The van der Waals surface area contributed by atoms with Gasteiger partial charge >= 0.3 is 167 Å². The van der Waals surface area contributed by atoms with Crippen molar-refractivity contribution in [2.24, 2.45) is 0 Å². The van der Waals surface area contributed by atoms with Crippen molar-refractivity contribution in [2.75, 3.05) is 0 Å². The fraction of sp³-hybridized carbons (Fsp3) is 0.220. The Morgan fingerprint density at radius 3 is 2.21 bits per heavy atom. The van der Waals surface area contributed by atoms with Crippen LogP contribution in [0.2, 0.25) is 36.9 Å². The molecule has 7 rings (SSSR count). The number of rotatable bonds is 5. The fourth-order valence-corrected chi connectivity index (χ4v) is 9.13. The molecule has 3 nitrogen and oxygen atoms in total. The van der Waals surface area contributed by atoms with Crippen molar-refractivity contribution in [1.82, 2.24) is 9.97 Å². The van der Waals surface area contributed by atoms with Gasteiger partial charge in [0.05, 0.1) is 8.07 Å². The second-order valence-corrected chi connectivity index (χ2v) is 30.2. The maximum absolute atomic E-state index is 6.42. The number of hydrogen-bond donors (Lipinski definition) is 0. The number of furan rings is 1. The SMILES string of the molecule is CC(C)c1ccnc(-c2[c-]ccc3c2oc2cc4c[c]([Ge]([CH3])([CH3])[CH3])ccc4cc23)c1.C[Si](C)(C)c1ccc(-c2[c-]cccc2)nc1.[Ir]. The normalized spacial score (nSPS) is 11.9. The van der Waals surface area contributed by atoms with Gasteiger partial charge in [0, 0.05) is 26.3 Å². The molecule has 0 fully saturated rings. The van der Waals surface area contributed by atoms with Gasteiger partial charge in [-0.05, 0) is 10.9 Å². The van der Waals surface area contributed by atoms with E-state index in [-0.39, 0.29) is 20.1 Å². The molecule has 47 heavy (non-hydrogen) atoms. The average Bonchev–Trinajstić information content (AvgIpc) is 3.41. The molecule has 6 heteroatoms. The van der Waals surface area contributed by atoms with E-state index in [9.17, 15) is 0 Å². The van der Waals surface area contributed by atoms with Crippen LogP contribution >= 0.6 is 0 Å². The van der Waals surface area contributed by atoms with E-state index in [4.69, 9.17) is 4.42 Å². The van der Waals surface area contributed by atoms with Gasteiger partial charge in [0.25, 0.3) is 0 Å². The minimum absolute atomic E-state index is 0. The molecule has 0 saturated carbocycles. The van der Waals surface area contributed by atoms with Crippen LogP contribution in [0.5, 0.6) is 0 Å². The van der Waals surface area contributed by atoms with E-state index in [1.54, 1.807) is 0 Å². The van der Waals surface area contributed by atoms with Gasteiger partial charge in [0.15, 0.2) is 0 Å². The summed E-state index contributed by atoms with van der Waals surface area (Å²) in [5, 5.41) is 6.18. The molecule has 7 aromatic rings. The van der Waals surface area contributed by atoms with Crippen molar-refractivity contribution in [2.45, 2.75) is 56.7 Å². The first kappa shape index (κ1) is 35.0. The first-order valence-corrected chi connectivity index (χ1v) is 26.9. The molecule has 0 aliphatic carbocycles. The monoisotopic (exact) mass is 873 g/mol. The third-order valence-corrected chi connectivity index (χ3v) is 14.9. The zero-order valence-electron chi connectivity index (χ0n) is 28.5. The molecule has 0 N–H and O–H groups in total. The van der Waals surface area contributed by atoms with E-state index >= 15 is 0 Å². The number of pyridine rings is 2. The summed E-state index contributed by atoms with van der Waals surface area (Å²) >= 11 is -1.88. The topological polar surface area (TPSA) is 38.9 Å². The van der Waals surface area contributed by atoms with E-state index < -0.39 is 21.3 Å². The van der Waals surface area contributed by atoms with Gasteiger partial charge in [-0.3, -0.25) is 0 Å². The number of benzene rings is 4. The van der Waals surface area contributed by atoms with Gasteiger partial charge in [-0.1, -0.05) is 45.6 Å². The summed E-state index contributed by atoms with van der Waals surface area (Å²) in [6.45, 7) is 11.4. The zero-order valence-corrected chi connectivity index (χ0v) is 34.0. The molecule has 3 heterocycles. The van der Waals surface area contributed by atoms with Crippen LogP contribution in [0, 0.1) is 12.1 Å². The Balaban J connectivity index is 0.000000217. The third-order valence-electron chi connectivity index (χ3n) is 8.58. The Hall–Kier alpha value is -3.35. The number of aromatic nitrogens is 2. The first-order chi connectivity index (χ1) is 21.9. The summed E-state index contributed by atoms with van der Waals surface area (Å²) in [6, 6.07) is 38.5. The van der Waals surface area contributed by atoms with Gasteiger partial charge < -0.3 is 4.98 Å². The second-order valence-electron chi connectivity index (χ2n) is 14.4. The predicted octanol–water partition coefficient (Wildman–Crippen LogP) is 10.4. The summed E-state index contributed by atoms with van der Waals surface area (Å²) in [5.74, 6) is 7.75. The summed E-state index contributed by atoms with van der Waals surface area (Å²) in [4.78, 5) is 9.14. The predicted molar refractivity (Wildman–Crippen MR) is 202 cm³/mol. The number of fused-ring (bicyclic) bond motifs is 4.